The van der Waals surface area contributed by atoms with E-state index in [1.165, 1.54) is 0 Å². The maximum Gasteiger partial charge on any atom is 0.178 e. The number of nitrogens with one attached hydrogen (secondary N) is 1. The van der Waals surface area contributed by atoms with Gasteiger partial charge in [-0.1, -0.05) is 6.07 Å². The maximum atomic E-state index is 4.41. The Morgan fingerprint density at radius 3 is 2.81 bits per heavy atom. The fraction of sp³-hybridized carbons (Fsp3) is 0.0833. The van der Waals surface area contributed by atoms with Crippen molar-refractivity contribution in [1.29, 1.82) is 0 Å². The van der Waals surface area contributed by atoms with Gasteiger partial charge in [0.25, 0.3) is 0 Å². The summed E-state index contributed by atoms with van der Waals surface area (Å²) >= 11 is 0. The Bertz CT molecular complexity index is 628. The van der Waals surface area contributed by atoms with Crippen molar-refractivity contribution in [3.63, 3.8) is 0 Å². The number of rotatable bonds is 1. The molecule has 0 saturated carbocycles. The maximum absolute atomic E-state index is 4.41. The van der Waals surface area contributed by atoms with Crippen molar-refractivity contribution in [2.24, 2.45) is 0 Å². The molecule has 0 aromatic carbocycles. The van der Waals surface area contributed by atoms with Crippen LogP contribution in [0, 0.1) is 6.92 Å². The molecule has 0 spiro atoms. The first-order chi connectivity index (χ1) is 7.83. The van der Waals surface area contributed by atoms with Gasteiger partial charge in [0, 0.05) is 11.9 Å². The summed E-state index contributed by atoms with van der Waals surface area (Å²) in [5, 5.41) is 0. The Morgan fingerprint density at radius 2 is 2.00 bits per heavy atom. The lowest BCUT2D eigenvalue weighted by molar-refractivity contribution is 1.20. The molecule has 0 aliphatic heterocycles. The van der Waals surface area contributed by atoms with Crippen molar-refractivity contribution in [2.75, 3.05) is 0 Å². The molecular weight excluding hydrogens is 200 g/mol. The van der Waals surface area contributed by atoms with Crippen molar-refractivity contribution in [3.8, 4) is 11.5 Å². The van der Waals surface area contributed by atoms with E-state index in [1.807, 2.05) is 37.3 Å². The van der Waals surface area contributed by atoms with Gasteiger partial charge in [0.05, 0.1) is 5.52 Å². The van der Waals surface area contributed by atoms with E-state index in [2.05, 4.69) is 19.9 Å². The standard InChI is InChI=1S/C12H10N4/c1-8-5-6-10-12(14-8)16-11(15-10)9-4-2-3-7-13-9/h2-7H,1H3,(H,14,15,16). The van der Waals surface area contributed by atoms with Gasteiger partial charge in [0.1, 0.15) is 5.69 Å². The molecule has 0 atom stereocenters. The molecule has 0 aliphatic rings. The number of pyridine rings is 2. The lowest BCUT2D eigenvalue weighted by atomic mass is 10.3. The topological polar surface area (TPSA) is 54.5 Å². The van der Waals surface area contributed by atoms with E-state index in [4.69, 9.17) is 0 Å². The predicted molar refractivity (Wildman–Crippen MR) is 61.9 cm³/mol. The summed E-state index contributed by atoms with van der Waals surface area (Å²) in [5.41, 5.74) is 3.47. The van der Waals surface area contributed by atoms with E-state index in [0.29, 0.717) is 0 Å². The largest absolute Gasteiger partial charge is 0.335 e. The minimum atomic E-state index is 0.737. The molecule has 0 aliphatic carbocycles. The van der Waals surface area contributed by atoms with Crippen molar-refractivity contribution in [3.05, 3.63) is 42.2 Å². The van der Waals surface area contributed by atoms with Gasteiger partial charge in [0.2, 0.25) is 0 Å². The van der Waals surface area contributed by atoms with Gasteiger partial charge in [-0.2, -0.15) is 0 Å². The summed E-state index contributed by atoms with van der Waals surface area (Å²) in [6, 6.07) is 9.69. The SMILES string of the molecule is Cc1ccc2[nH]c(-c3ccccn3)nc2n1. The number of imidazole rings is 1. The van der Waals surface area contributed by atoms with Crippen LogP contribution in [0.3, 0.4) is 0 Å². The molecule has 3 aromatic heterocycles. The zero-order valence-electron chi connectivity index (χ0n) is 8.81. The van der Waals surface area contributed by atoms with Crippen molar-refractivity contribution < 1.29 is 0 Å². The monoisotopic (exact) mass is 210 g/mol. The zero-order chi connectivity index (χ0) is 11.0. The second-order valence-corrected chi connectivity index (χ2v) is 3.62. The first-order valence-corrected chi connectivity index (χ1v) is 5.08. The van der Waals surface area contributed by atoms with Gasteiger partial charge in [0.15, 0.2) is 11.5 Å². The normalized spacial score (nSPS) is 10.8. The van der Waals surface area contributed by atoms with Gasteiger partial charge >= 0.3 is 0 Å². The van der Waals surface area contributed by atoms with E-state index in [0.717, 1.165) is 28.4 Å². The molecule has 3 rings (SSSR count). The molecule has 0 bridgehead atoms. The van der Waals surface area contributed by atoms with E-state index in [9.17, 15) is 0 Å². The van der Waals surface area contributed by atoms with Crippen LogP contribution < -0.4 is 0 Å². The quantitative estimate of drug-likeness (QED) is 0.670. The molecule has 0 saturated heterocycles. The summed E-state index contributed by atoms with van der Waals surface area (Å²) in [4.78, 5) is 16.2. The van der Waals surface area contributed by atoms with Crippen LogP contribution in [0.4, 0.5) is 0 Å². The highest BCUT2D eigenvalue weighted by molar-refractivity contribution is 5.75. The third-order valence-electron chi connectivity index (χ3n) is 2.39. The van der Waals surface area contributed by atoms with E-state index in [-0.39, 0.29) is 0 Å². The first-order valence-electron chi connectivity index (χ1n) is 5.08. The molecule has 0 radical (unpaired) electrons. The highest BCUT2D eigenvalue weighted by Gasteiger charge is 2.06. The molecule has 3 aromatic rings. The lowest BCUT2D eigenvalue weighted by Gasteiger charge is -1.91. The average molecular weight is 210 g/mol. The minimum absolute atomic E-state index is 0.737. The molecule has 0 fully saturated rings. The van der Waals surface area contributed by atoms with E-state index >= 15 is 0 Å². The number of H-pyrrole nitrogens is 1. The molecule has 0 amide bonds. The first kappa shape index (κ1) is 9.03. The second kappa shape index (κ2) is 3.41. The number of hydrogen-bond acceptors (Lipinski definition) is 3. The second-order valence-electron chi connectivity index (χ2n) is 3.62. The van der Waals surface area contributed by atoms with Crippen LogP contribution in [0.5, 0.6) is 0 Å². The van der Waals surface area contributed by atoms with Gasteiger partial charge in [-0.3, -0.25) is 4.98 Å². The summed E-state index contributed by atoms with van der Waals surface area (Å²) in [7, 11) is 0. The highest BCUT2D eigenvalue weighted by atomic mass is 15.0. The molecule has 16 heavy (non-hydrogen) atoms. The zero-order valence-corrected chi connectivity index (χ0v) is 8.81. The van der Waals surface area contributed by atoms with Gasteiger partial charge < -0.3 is 4.98 Å². The van der Waals surface area contributed by atoms with Gasteiger partial charge in [-0.05, 0) is 31.2 Å². The predicted octanol–water partition coefficient (Wildman–Crippen LogP) is 2.33. The third kappa shape index (κ3) is 1.44. The Morgan fingerprint density at radius 1 is 1.06 bits per heavy atom. The molecule has 4 heteroatoms. The van der Waals surface area contributed by atoms with Crippen LogP contribution >= 0.6 is 0 Å². The Kier molecular flexibility index (Phi) is 1.93. The molecular formula is C12H10N4. The van der Waals surface area contributed by atoms with E-state index in [1.54, 1.807) is 6.20 Å². The third-order valence-corrected chi connectivity index (χ3v) is 2.39. The lowest BCUT2D eigenvalue weighted by Crippen LogP contribution is -1.83. The Balaban J connectivity index is 2.19. The number of hydrogen-bond donors (Lipinski definition) is 1. The number of aromatic nitrogens is 4. The van der Waals surface area contributed by atoms with Crippen molar-refractivity contribution in [1.82, 2.24) is 19.9 Å². The van der Waals surface area contributed by atoms with Crippen LogP contribution in [-0.2, 0) is 0 Å². The summed E-state index contributed by atoms with van der Waals surface area (Å²) in [6.45, 7) is 1.95. The summed E-state index contributed by atoms with van der Waals surface area (Å²) < 4.78 is 0. The summed E-state index contributed by atoms with van der Waals surface area (Å²) in [6.07, 6.45) is 1.75. The van der Waals surface area contributed by atoms with Crippen LogP contribution in [0.15, 0.2) is 36.5 Å². The number of aromatic amines is 1. The molecule has 4 nitrogen and oxygen atoms in total. The van der Waals surface area contributed by atoms with Crippen LogP contribution in [0.2, 0.25) is 0 Å². The fourth-order valence-corrected chi connectivity index (χ4v) is 1.61. The average Bonchev–Trinajstić information content (AvgIpc) is 2.73. The Labute approximate surface area is 92.4 Å². The Hall–Kier alpha value is -2.23. The molecule has 3 heterocycles. The number of aryl methyl sites for hydroxylation is 1. The number of fused-ring (bicyclic) bond motifs is 1. The minimum Gasteiger partial charge on any atom is -0.335 e. The molecule has 78 valence electrons. The van der Waals surface area contributed by atoms with Crippen molar-refractivity contribution >= 4 is 11.2 Å². The molecule has 0 unspecified atom stereocenters. The van der Waals surface area contributed by atoms with Gasteiger partial charge in [-0.15, -0.1) is 0 Å². The van der Waals surface area contributed by atoms with E-state index < -0.39 is 0 Å². The van der Waals surface area contributed by atoms with Crippen LogP contribution in [0.1, 0.15) is 5.69 Å². The fourth-order valence-electron chi connectivity index (χ4n) is 1.61. The number of nitrogens with zero attached hydrogens (tertiary/aromatic N) is 3. The van der Waals surface area contributed by atoms with Crippen molar-refractivity contribution in [2.45, 2.75) is 6.92 Å². The summed E-state index contributed by atoms with van der Waals surface area (Å²) in [5.74, 6) is 0.758. The highest BCUT2D eigenvalue weighted by Crippen LogP contribution is 2.16. The smallest absolute Gasteiger partial charge is 0.178 e. The molecule has 1 N–H and O–H groups in total. The van der Waals surface area contributed by atoms with Crippen LogP contribution in [0.25, 0.3) is 22.7 Å². The van der Waals surface area contributed by atoms with Crippen LogP contribution in [-0.4, -0.2) is 19.9 Å². The van der Waals surface area contributed by atoms with Gasteiger partial charge in [-0.25, -0.2) is 9.97 Å².